The molecule has 0 radical (unpaired) electrons. The summed E-state index contributed by atoms with van der Waals surface area (Å²) in [6, 6.07) is 5.06. The molecule has 4 rings (SSSR count). The highest BCUT2D eigenvalue weighted by Gasteiger charge is 2.24. The molecule has 6 heteroatoms. The molecule has 0 saturated carbocycles. The van der Waals surface area contributed by atoms with E-state index < -0.39 is 0 Å². The fourth-order valence-electron chi connectivity index (χ4n) is 5.05. The van der Waals surface area contributed by atoms with Crippen molar-refractivity contribution in [2.24, 2.45) is 7.05 Å². The molecule has 2 fully saturated rings. The Kier molecular flexibility index (Phi) is 7.03. The zero-order valence-electron chi connectivity index (χ0n) is 18.3. The average Bonchev–Trinajstić information content (AvgIpc) is 3.26. The van der Waals surface area contributed by atoms with Gasteiger partial charge in [0.15, 0.2) is 5.65 Å². The molecule has 0 aromatic carbocycles. The maximum Gasteiger partial charge on any atom is 0.160 e. The molecule has 2 aliphatic rings. The predicted molar refractivity (Wildman–Crippen MR) is 119 cm³/mol. The molecule has 6 nitrogen and oxygen atoms in total. The van der Waals surface area contributed by atoms with Crippen LogP contribution < -0.4 is 4.90 Å². The molecule has 0 N–H and O–H groups in total. The Labute approximate surface area is 175 Å². The Hall–Kier alpha value is -1.66. The van der Waals surface area contributed by atoms with E-state index in [1.807, 2.05) is 18.8 Å². The number of methoxy groups -OCH3 is 1. The van der Waals surface area contributed by atoms with Crippen LogP contribution in [0.15, 0.2) is 12.1 Å². The molecule has 1 unspecified atom stereocenters. The van der Waals surface area contributed by atoms with Crippen LogP contribution in [0.5, 0.6) is 0 Å². The molecular weight excluding hydrogens is 362 g/mol. The predicted octanol–water partition coefficient (Wildman–Crippen LogP) is 3.78. The zero-order valence-corrected chi connectivity index (χ0v) is 18.3. The summed E-state index contributed by atoms with van der Waals surface area (Å²) in [5.74, 6) is 1.12. The first-order chi connectivity index (χ1) is 14.3. The molecule has 0 bridgehead atoms. The van der Waals surface area contributed by atoms with Crippen LogP contribution >= 0.6 is 0 Å². The summed E-state index contributed by atoms with van der Waals surface area (Å²) < 4.78 is 7.36. The van der Waals surface area contributed by atoms with Crippen molar-refractivity contribution in [1.29, 1.82) is 0 Å². The second kappa shape index (κ2) is 9.90. The summed E-state index contributed by atoms with van der Waals surface area (Å²) in [4.78, 5) is 10.1. The molecule has 2 saturated heterocycles. The van der Waals surface area contributed by atoms with E-state index >= 15 is 0 Å². The molecular formula is C23H37N5O. The molecule has 0 aliphatic carbocycles. The van der Waals surface area contributed by atoms with E-state index in [1.54, 1.807) is 0 Å². The van der Waals surface area contributed by atoms with Crippen molar-refractivity contribution in [1.82, 2.24) is 19.7 Å². The fourth-order valence-corrected chi connectivity index (χ4v) is 5.05. The Morgan fingerprint density at radius 3 is 2.62 bits per heavy atom. The summed E-state index contributed by atoms with van der Waals surface area (Å²) >= 11 is 0. The molecule has 1 atom stereocenters. The first-order valence-electron chi connectivity index (χ1n) is 11.6. The molecule has 2 aromatic rings. The quantitative estimate of drug-likeness (QED) is 0.709. The molecule has 2 aliphatic heterocycles. The topological polar surface area (TPSA) is 46.4 Å². The van der Waals surface area contributed by atoms with Gasteiger partial charge in [0.05, 0.1) is 12.3 Å². The highest BCUT2D eigenvalue weighted by molar-refractivity contribution is 5.80. The van der Waals surface area contributed by atoms with E-state index in [0.717, 1.165) is 50.5 Å². The number of nitrogens with zero attached hydrogens (tertiary/aromatic N) is 5. The minimum absolute atomic E-state index is 0.600. The van der Waals surface area contributed by atoms with Gasteiger partial charge in [-0.3, -0.25) is 9.58 Å². The largest absolute Gasteiger partial charge is 0.383 e. The Bertz CT molecular complexity index is 781. The van der Waals surface area contributed by atoms with Crippen LogP contribution in [0.4, 0.5) is 5.82 Å². The number of hydrogen-bond acceptors (Lipinski definition) is 5. The summed E-state index contributed by atoms with van der Waals surface area (Å²) in [6.45, 7) is 5.45. The summed E-state index contributed by atoms with van der Waals surface area (Å²) in [6.07, 6.45) is 11.3. The van der Waals surface area contributed by atoms with Gasteiger partial charge in [-0.25, -0.2) is 4.98 Å². The van der Waals surface area contributed by atoms with Crippen molar-refractivity contribution in [2.75, 3.05) is 44.8 Å². The van der Waals surface area contributed by atoms with Crippen molar-refractivity contribution in [2.45, 2.75) is 63.8 Å². The van der Waals surface area contributed by atoms with Crippen LogP contribution in [0.3, 0.4) is 0 Å². The Morgan fingerprint density at radius 1 is 1.03 bits per heavy atom. The van der Waals surface area contributed by atoms with E-state index in [4.69, 9.17) is 14.8 Å². The molecule has 160 valence electrons. The monoisotopic (exact) mass is 399 g/mol. The van der Waals surface area contributed by atoms with Gasteiger partial charge in [0, 0.05) is 38.7 Å². The lowest BCUT2D eigenvalue weighted by Crippen LogP contribution is -2.33. The number of pyridine rings is 1. The number of fused-ring (bicyclic) bond motifs is 1. The third kappa shape index (κ3) is 4.92. The number of rotatable bonds is 7. The SMILES string of the molecule is COCC1CCCN1CCCc1nn(C)c2nc(N3CCCCCCC3)ccc12. The van der Waals surface area contributed by atoms with Crippen molar-refractivity contribution < 1.29 is 4.74 Å². The summed E-state index contributed by atoms with van der Waals surface area (Å²) in [5, 5.41) is 6.04. The van der Waals surface area contributed by atoms with Gasteiger partial charge in [-0.1, -0.05) is 19.3 Å². The minimum atomic E-state index is 0.600. The number of aromatic nitrogens is 3. The highest BCUT2D eigenvalue weighted by Crippen LogP contribution is 2.24. The smallest absolute Gasteiger partial charge is 0.160 e. The van der Waals surface area contributed by atoms with Crippen LogP contribution in [0.1, 0.15) is 57.1 Å². The first-order valence-corrected chi connectivity index (χ1v) is 11.6. The van der Waals surface area contributed by atoms with E-state index in [-0.39, 0.29) is 0 Å². The molecule has 0 amide bonds. The number of anilines is 1. The van der Waals surface area contributed by atoms with E-state index in [2.05, 4.69) is 21.9 Å². The van der Waals surface area contributed by atoms with Crippen molar-refractivity contribution in [3.05, 3.63) is 17.8 Å². The highest BCUT2D eigenvalue weighted by atomic mass is 16.5. The Morgan fingerprint density at radius 2 is 1.83 bits per heavy atom. The van der Waals surface area contributed by atoms with Crippen LogP contribution in [0, 0.1) is 0 Å². The second-order valence-electron chi connectivity index (χ2n) is 8.76. The molecule has 4 heterocycles. The lowest BCUT2D eigenvalue weighted by Gasteiger charge is -2.25. The first kappa shape index (κ1) is 20.6. The van der Waals surface area contributed by atoms with Crippen LogP contribution in [0.2, 0.25) is 0 Å². The number of ether oxygens (including phenoxy) is 1. The van der Waals surface area contributed by atoms with Crippen LogP contribution in [-0.4, -0.2) is 65.6 Å². The van der Waals surface area contributed by atoms with Crippen molar-refractivity contribution in [3.63, 3.8) is 0 Å². The third-order valence-corrected chi connectivity index (χ3v) is 6.65. The zero-order chi connectivity index (χ0) is 20.1. The number of hydrogen-bond donors (Lipinski definition) is 0. The number of aryl methyl sites for hydroxylation is 2. The molecule has 2 aromatic heterocycles. The third-order valence-electron chi connectivity index (χ3n) is 6.65. The van der Waals surface area contributed by atoms with Gasteiger partial charge >= 0.3 is 0 Å². The summed E-state index contributed by atoms with van der Waals surface area (Å²) in [5.41, 5.74) is 2.22. The van der Waals surface area contributed by atoms with Gasteiger partial charge < -0.3 is 9.64 Å². The molecule has 0 spiro atoms. The maximum atomic E-state index is 5.39. The van der Waals surface area contributed by atoms with Gasteiger partial charge in [-0.2, -0.15) is 5.10 Å². The van der Waals surface area contributed by atoms with Gasteiger partial charge in [0.1, 0.15) is 5.82 Å². The second-order valence-corrected chi connectivity index (χ2v) is 8.76. The van der Waals surface area contributed by atoms with E-state index in [1.165, 1.54) is 62.6 Å². The van der Waals surface area contributed by atoms with Crippen molar-refractivity contribution in [3.8, 4) is 0 Å². The number of likely N-dealkylation sites (tertiary alicyclic amines) is 1. The van der Waals surface area contributed by atoms with Crippen LogP contribution in [0.25, 0.3) is 11.0 Å². The maximum absolute atomic E-state index is 5.39. The molecule has 29 heavy (non-hydrogen) atoms. The van der Waals surface area contributed by atoms with E-state index in [0.29, 0.717) is 6.04 Å². The van der Waals surface area contributed by atoms with Gasteiger partial charge in [-0.05, 0) is 63.7 Å². The lowest BCUT2D eigenvalue weighted by molar-refractivity contribution is 0.115. The fraction of sp³-hybridized carbons (Fsp3) is 0.739. The average molecular weight is 400 g/mol. The van der Waals surface area contributed by atoms with Gasteiger partial charge in [0.25, 0.3) is 0 Å². The van der Waals surface area contributed by atoms with E-state index in [9.17, 15) is 0 Å². The Balaban J connectivity index is 1.41. The van der Waals surface area contributed by atoms with Gasteiger partial charge in [0.2, 0.25) is 0 Å². The lowest BCUT2D eigenvalue weighted by atomic mass is 10.1. The van der Waals surface area contributed by atoms with Crippen molar-refractivity contribution >= 4 is 16.9 Å². The minimum Gasteiger partial charge on any atom is -0.383 e. The normalized spacial score (nSPS) is 21.6. The van der Waals surface area contributed by atoms with Crippen LogP contribution in [-0.2, 0) is 18.2 Å². The summed E-state index contributed by atoms with van der Waals surface area (Å²) in [7, 11) is 3.84. The standard InChI is InChI=1S/C23H37N5O/c1-26-23-20(12-13-22(24-23)28-14-6-4-3-5-7-15-28)21(25-26)11-9-17-27-16-8-10-19(27)18-29-2/h12-13,19H,3-11,14-18H2,1-2H3. The van der Waals surface area contributed by atoms with Gasteiger partial charge in [-0.15, -0.1) is 0 Å².